The summed E-state index contributed by atoms with van der Waals surface area (Å²) in [5.41, 5.74) is 0.976. The second-order valence-electron chi connectivity index (χ2n) is 5.40. The molecular formula is C14H25N3O3S. The summed E-state index contributed by atoms with van der Waals surface area (Å²) in [6.45, 7) is 5.43. The molecule has 0 saturated carbocycles. The number of ether oxygens (including phenoxy) is 1. The molecule has 0 radical (unpaired) electrons. The summed E-state index contributed by atoms with van der Waals surface area (Å²) in [6, 6.07) is 1.74. The van der Waals surface area contributed by atoms with E-state index in [0.717, 1.165) is 38.3 Å². The molecular weight excluding hydrogens is 290 g/mol. The van der Waals surface area contributed by atoms with Crippen LogP contribution in [0.15, 0.2) is 17.2 Å². The molecule has 2 rings (SSSR count). The lowest BCUT2D eigenvalue weighted by Gasteiger charge is -2.08. The first kappa shape index (κ1) is 16.5. The van der Waals surface area contributed by atoms with Crippen LogP contribution in [0, 0.1) is 5.92 Å². The third kappa shape index (κ3) is 4.29. The lowest BCUT2D eigenvalue weighted by Crippen LogP contribution is -2.26. The van der Waals surface area contributed by atoms with E-state index in [-0.39, 0.29) is 0 Å². The summed E-state index contributed by atoms with van der Waals surface area (Å²) >= 11 is 0. The van der Waals surface area contributed by atoms with Crippen LogP contribution in [-0.4, -0.2) is 39.8 Å². The Bertz CT molecular complexity index is 548. The number of aromatic nitrogens is 1. The molecule has 120 valence electrons. The Kier molecular flexibility index (Phi) is 5.80. The van der Waals surface area contributed by atoms with Crippen LogP contribution >= 0.6 is 0 Å². The Hall–Kier alpha value is -0.890. The average molecular weight is 315 g/mol. The van der Waals surface area contributed by atoms with Crippen molar-refractivity contribution in [1.29, 1.82) is 0 Å². The highest BCUT2D eigenvalue weighted by Crippen LogP contribution is 2.17. The van der Waals surface area contributed by atoms with Crippen LogP contribution < -0.4 is 10.0 Å². The number of rotatable bonds is 8. The molecule has 1 unspecified atom stereocenters. The summed E-state index contributed by atoms with van der Waals surface area (Å²) in [7, 11) is -1.57. The Morgan fingerprint density at radius 2 is 2.29 bits per heavy atom. The van der Waals surface area contributed by atoms with Crippen molar-refractivity contribution in [3.63, 3.8) is 0 Å². The summed E-state index contributed by atoms with van der Waals surface area (Å²) in [5.74, 6) is 0.479. The summed E-state index contributed by atoms with van der Waals surface area (Å²) in [6.07, 6.45) is 3.56. The number of hydrogen-bond acceptors (Lipinski definition) is 4. The molecule has 1 aliphatic heterocycles. The van der Waals surface area contributed by atoms with E-state index in [1.807, 2.05) is 18.5 Å². The van der Waals surface area contributed by atoms with Gasteiger partial charge in [-0.1, -0.05) is 0 Å². The van der Waals surface area contributed by atoms with Crippen molar-refractivity contribution >= 4 is 10.0 Å². The minimum Gasteiger partial charge on any atom is -0.381 e. The van der Waals surface area contributed by atoms with Crippen LogP contribution in [0.4, 0.5) is 0 Å². The molecule has 1 fully saturated rings. The van der Waals surface area contributed by atoms with Crippen LogP contribution in [0.3, 0.4) is 0 Å². The molecule has 0 aliphatic carbocycles. The molecule has 1 atom stereocenters. The molecule has 0 bridgehead atoms. The minimum atomic E-state index is -3.42. The zero-order valence-electron chi connectivity index (χ0n) is 12.8. The van der Waals surface area contributed by atoms with Gasteiger partial charge in [0.25, 0.3) is 0 Å². The molecule has 0 aromatic carbocycles. The van der Waals surface area contributed by atoms with Crippen LogP contribution in [0.5, 0.6) is 0 Å². The smallest absolute Gasteiger partial charge is 0.242 e. The molecule has 1 aromatic rings. The van der Waals surface area contributed by atoms with Gasteiger partial charge in [0.15, 0.2) is 0 Å². The van der Waals surface area contributed by atoms with E-state index >= 15 is 0 Å². The highest BCUT2D eigenvalue weighted by molar-refractivity contribution is 7.89. The number of aryl methyl sites for hydroxylation is 1. The SMILES string of the molecule is CCn1cc(S(=O)(=O)NCCC2CCOC2)cc1CNC. The van der Waals surface area contributed by atoms with E-state index in [2.05, 4.69) is 10.0 Å². The Labute approximate surface area is 126 Å². The Morgan fingerprint density at radius 3 is 2.90 bits per heavy atom. The van der Waals surface area contributed by atoms with Gasteiger partial charge in [0.2, 0.25) is 10.0 Å². The number of hydrogen-bond donors (Lipinski definition) is 2. The number of sulfonamides is 1. The number of nitrogens with zero attached hydrogens (tertiary/aromatic N) is 1. The largest absolute Gasteiger partial charge is 0.381 e. The summed E-state index contributed by atoms with van der Waals surface area (Å²) in [5, 5.41) is 3.05. The fourth-order valence-corrected chi connectivity index (χ4v) is 3.70. The fraction of sp³-hybridized carbons (Fsp3) is 0.714. The predicted molar refractivity (Wildman–Crippen MR) is 81.6 cm³/mol. The molecule has 1 aliphatic rings. The summed E-state index contributed by atoms with van der Waals surface area (Å²) in [4.78, 5) is 0.345. The van der Waals surface area contributed by atoms with Gasteiger partial charge in [-0.3, -0.25) is 0 Å². The normalized spacial score (nSPS) is 19.2. The quantitative estimate of drug-likeness (QED) is 0.749. The van der Waals surface area contributed by atoms with E-state index in [4.69, 9.17) is 4.74 Å². The van der Waals surface area contributed by atoms with Crippen LogP contribution in [0.25, 0.3) is 0 Å². The minimum absolute atomic E-state index is 0.345. The first-order chi connectivity index (χ1) is 10.1. The van der Waals surface area contributed by atoms with Crippen molar-refractivity contribution in [1.82, 2.24) is 14.6 Å². The fourth-order valence-electron chi connectivity index (χ4n) is 2.59. The van der Waals surface area contributed by atoms with Crippen molar-refractivity contribution in [2.45, 2.75) is 37.8 Å². The van der Waals surface area contributed by atoms with Gasteiger partial charge in [-0.2, -0.15) is 0 Å². The molecule has 7 heteroatoms. The van der Waals surface area contributed by atoms with Gasteiger partial charge in [-0.25, -0.2) is 13.1 Å². The van der Waals surface area contributed by atoms with Crippen LogP contribution in [-0.2, 0) is 27.8 Å². The van der Waals surface area contributed by atoms with Crippen molar-refractivity contribution in [3.8, 4) is 0 Å². The third-order valence-corrected chi connectivity index (χ3v) is 5.27. The maximum atomic E-state index is 12.3. The van der Waals surface area contributed by atoms with Crippen LogP contribution in [0.1, 0.15) is 25.5 Å². The van der Waals surface area contributed by atoms with Crippen molar-refractivity contribution < 1.29 is 13.2 Å². The van der Waals surface area contributed by atoms with Crippen molar-refractivity contribution in [2.24, 2.45) is 5.92 Å². The van der Waals surface area contributed by atoms with Gasteiger partial charge in [-0.15, -0.1) is 0 Å². The molecule has 2 N–H and O–H groups in total. The van der Waals surface area contributed by atoms with Crippen LogP contribution in [0.2, 0.25) is 0 Å². The second-order valence-corrected chi connectivity index (χ2v) is 7.17. The standard InChI is InChI=1S/C14H25N3O3S/c1-3-17-10-14(8-13(17)9-15-2)21(18,19)16-6-4-12-5-7-20-11-12/h8,10,12,15-16H,3-7,9,11H2,1-2H3. The second kappa shape index (κ2) is 7.40. The van der Waals surface area contributed by atoms with Gasteiger partial charge in [0.1, 0.15) is 0 Å². The zero-order valence-corrected chi connectivity index (χ0v) is 13.6. The molecule has 1 saturated heterocycles. The van der Waals surface area contributed by atoms with Gasteiger partial charge >= 0.3 is 0 Å². The van der Waals surface area contributed by atoms with Gasteiger partial charge < -0.3 is 14.6 Å². The van der Waals surface area contributed by atoms with E-state index in [9.17, 15) is 8.42 Å². The first-order valence-corrected chi connectivity index (χ1v) is 8.96. The lowest BCUT2D eigenvalue weighted by atomic mass is 10.1. The molecule has 1 aromatic heterocycles. The highest BCUT2D eigenvalue weighted by Gasteiger charge is 2.20. The molecule has 0 amide bonds. The van der Waals surface area contributed by atoms with Gasteiger partial charge in [0.05, 0.1) is 4.90 Å². The molecule has 0 spiro atoms. The molecule has 21 heavy (non-hydrogen) atoms. The Morgan fingerprint density at radius 1 is 1.48 bits per heavy atom. The lowest BCUT2D eigenvalue weighted by molar-refractivity contribution is 0.184. The average Bonchev–Trinajstić information content (AvgIpc) is 3.08. The first-order valence-electron chi connectivity index (χ1n) is 7.48. The van der Waals surface area contributed by atoms with Gasteiger partial charge in [0, 0.05) is 44.7 Å². The van der Waals surface area contributed by atoms with E-state index in [1.165, 1.54) is 0 Å². The van der Waals surface area contributed by atoms with Crippen molar-refractivity contribution in [3.05, 3.63) is 18.0 Å². The highest BCUT2D eigenvalue weighted by atomic mass is 32.2. The maximum absolute atomic E-state index is 12.3. The Balaban J connectivity index is 1.97. The maximum Gasteiger partial charge on any atom is 0.242 e. The van der Waals surface area contributed by atoms with Gasteiger partial charge in [-0.05, 0) is 38.8 Å². The molecule has 2 heterocycles. The van der Waals surface area contributed by atoms with E-state index in [1.54, 1.807) is 12.3 Å². The summed E-state index contributed by atoms with van der Waals surface area (Å²) < 4.78 is 34.6. The monoisotopic (exact) mass is 315 g/mol. The topological polar surface area (TPSA) is 72.4 Å². The zero-order chi connectivity index (χ0) is 15.3. The third-order valence-electron chi connectivity index (χ3n) is 3.84. The van der Waals surface area contributed by atoms with E-state index in [0.29, 0.717) is 23.9 Å². The molecule has 6 nitrogen and oxygen atoms in total. The predicted octanol–water partition coefficient (Wildman–Crippen LogP) is 0.932. The number of nitrogens with one attached hydrogen (secondary N) is 2. The van der Waals surface area contributed by atoms with E-state index < -0.39 is 10.0 Å². The van der Waals surface area contributed by atoms with Crippen molar-refractivity contribution in [2.75, 3.05) is 26.8 Å².